The van der Waals surface area contributed by atoms with Gasteiger partial charge in [-0.2, -0.15) is 0 Å². The number of hydrogen-bond donors (Lipinski definition) is 2. The van der Waals surface area contributed by atoms with E-state index in [1.807, 2.05) is 6.92 Å². The Kier molecular flexibility index (Phi) is 4.51. The zero-order valence-electron chi connectivity index (χ0n) is 9.16. The normalized spacial score (nSPS) is 21.5. The van der Waals surface area contributed by atoms with Crippen molar-refractivity contribution < 1.29 is 13.2 Å². The van der Waals surface area contributed by atoms with Gasteiger partial charge in [-0.1, -0.05) is 0 Å². The van der Waals surface area contributed by atoms with Crippen molar-refractivity contribution in [2.75, 3.05) is 25.5 Å². The Balaban J connectivity index is 2.51. The predicted octanol–water partition coefficient (Wildman–Crippen LogP) is -0.176. The van der Waals surface area contributed by atoms with Crippen molar-refractivity contribution in [3.05, 3.63) is 0 Å². The number of hydrogen-bond acceptors (Lipinski definition) is 4. The lowest BCUT2D eigenvalue weighted by molar-refractivity contribution is 0.0537. The summed E-state index contributed by atoms with van der Waals surface area (Å²) < 4.78 is 31.3. The molecule has 3 N–H and O–H groups in total. The summed E-state index contributed by atoms with van der Waals surface area (Å²) in [6.07, 6.45) is 1.96. The van der Waals surface area contributed by atoms with Crippen LogP contribution < -0.4 is 10.5 Å². The van der Waals surface area contributed by atoms with E-state index in [1.165, 1.54) is 0 Å². The van der Waals surface area contributed by atoms with Crippen LogP contribution in [0.5, 0.6) is 0 Å². The lowest BCUT2D eigenvalue weighted by Crippen LogP contribution is -2.50. The fourth-order valence-corrected chi connectivity index (χ4v) is 3.23. The molecule has 0 radical (unpaired) electrons. The van der Waals surface area contributed by atoms with Crippen LogP contribution in [0, 0.1) is 0 Å². The first-order chi connectivity index (χ1) is 6.97. The van der Waals surface area contributed by atoms with Crippen molar-refractivity contribution in [3.63, 3.8) is 0 Å². The van der Waals surface area contributed by atoms with Gasteiger partial charge in [-0.25, -0.2) is 13.1 Å². The molecule has 0 saturated carbocycles. The highest BCUT2D eigenvalue weighted by atomic mass is 32.2. The Bertz CT molecular complexity index is 284. The predicted molar refractivity (Wildman–Crippen MR) is 59.1 cm³/mol. The van der Waals surface area contributed by atoms with Gasteiger partial charge in [-0.05, 0) is 32.7 Å². The minimum atomic E-state index is -3.19. The van der Waals surface area contributed by atoms with Crippen LogP contribution in [0.25, 0.3) is 0 Å². The van der Waals surface area contributed by atoms with E-state index in [9.17, 15) is 8.42 Å². The van der Waals surface area contributed by atoms with Crippen molar-refractivity contribution in [1.29, 1.82) is 0 Å². The minimum absolute atomic E-state index is 0.111. The van der Waals surface area contributed by atoms with Crippen LogP contribution in [0.3, 0.4) is 0 Å². The number of ether oxygens (including phenoxy) is 1. The zero-order chi connectivity index (χ0) is 11.4. The molecule has 1 aliphatic heterocycles. The number of nitrogens with one attached hydrogen (secondary N) is 1. The van der Waals surface area contributed by atoms with Gasteiger partial charge in [-0.3, -0.25) is 0 Å². The van der Waals surface area contributed by atoms with Gasteiger partial charge in [0.2, 0.25) is 10.0 Å². The van der Waals surface area contributed by atoms with Gasteiger partial charge in [0, 0.05) is 18.8 Å². The quantitative estimate of drug-likeness (QED) is 0.694. The molecular formula is C9H20N2O3S. The third kappa shape index (κ3) is 4.46. The Hall–Kier alpha value is -0.170. The maximum Gasteiger partial charge on any atom is 0.212 e. The van der Waals surface area contributed by atoms with E-state index in [0.29, 0.717) is 26.2 Å². The SMILES string of the molecule is CC1(NS(=O)(=O)CCCN)CCOCC1. The topological polar surface area (TPSA) is 81.4 Å². The largest absolute Gasteiger partial charge is 0.381 e. The summed E-state index contributed by atoms with van der Waals surface area (Å²) in [5, 5.41) is 0. The monoisotopic (exact) mass is 236 g/mol. The molecule has 90 valence electrons. The van der Waals surface area contributed by atoms with Gasteiger partial charge < -0.3 is 10.5 Å². The Morgan fingerprint density at radius 1 is 1.40 bits per heavy atom. The van der Waals surface area contributed by atoms with Gasteiger partial charge in [0.25, 0.3) is 0 Å². The van der Waals surface area contributed by atoms with Crippen molar-refractivity contribution in [3.8, 4) is 0 Å². The van der Waals surface area contributed by atoms with Crippen molar-refractivity contribution in [1.82, 2.24) is 4.72 Å². The molecule has 1 fully saturated rings. The summed E-state index contributed by atoms with van der Waals surface area (Å²) in [5.74, 6) is 0.111. The third-order valence-electron chi connectivity index (χ3n) is 2.62. The maximum atomic E-state index is 11.7. The maximum absolute atomic E-state index is 11.7. The highest BCUT2D eigenvalue weighted by molar-refractivity contribution is 7.89. The van der Waals surface area contributed by atoms with Gasteiger partial charge in [-0.15, -0.1) is 0 Å². The van der Waals surface area contributed by atoms with Crippen molar-refractivity contribution in [2.45, 2.75) is 31.7 Å². The molecule has 5 nitrogen and oxygen atoms in total. The fourth-order valence-electron chi connectivity index (χ4n) is 1.62. The average molecular weight is 236 g/mol. The molecule has 1 aliphatic rings. The first kappa shape index (κ1) is 12.9. The molecule has 6 heteroatoms. The second-order valence-electron chi connectivity index (χ2n) is 4.24. The molecule has 0 unspecified atom stereocenters. The summed E-state index contributed by atoms with van der Waals surface area (Å²) in [5.41, 5.74) is 4.95. The van der Waals surface area contributed by atoms with E-state index in [1.54, 1.807) is 0 Å². The van der Waals surface area contributed by atoms with E-state index in [0.717, 1.165) is 12.8 Å². The number of nitrogens with two attached hydrogens (primary N) is 1. The average Bonchev–Trinajstić information content (AvgIpc) is 2.14. The lowest BCUT2D eigenvalue weighted by Gasteiger charge is -2.33. The summed E-state index contributed by atoms with van der Waals surface area (Å²) in [6.45, 7) is 3.57. The molecule has 0 bridgehead atoms. The van der Waals surface area contributed by atoms with Gasteiger partial charge in [0.15, 0.2) is 0 Å². The van der Waals surface area contributed by atoms with E-state index < -0.39 is 10.0 Å². The van der Waals surface area contributed by atoms with E-state index in [-0.39, 0.29) is 11.3 Å². The first-order valence-electron chi connectivity index (χ1n) is 5.27. The molecule has 0 aromatic heterocycles. The molecule has 0 aromatic carbocycles. The molecule has 15 heavy (non-hydrogen) atoms. The van der Waals surface area contributed by atoms with E-state index in [2.05, 4.69) is 4.72 Å². The van der Waals surface area contributed by atoms with Crippen LogP contribution in [0.4, 0.5) is 0 Å². The zero-order valence-corrected chi connectivity index (χ0v) is 9.98. The van der Waals surface area contributed by atoms with Crippen LogP contribution in [0.2, 0.25) is 0 Å². The lowest BCUT2D eigenvalue weighted by atomic mass is 9.94. The highest BCUT2D eigenvalue weighted by Crippen LogP contribution is 2.20. The molecule has 0 spiro atoms. The minimum Gasteiger partial charge on any atom is -0.381 e. The molecule has 1 rings (SSSR count). The van der Waals surface area contributed by atoms with Crippen molar-refractivity contribution in [2.24, 2.45) is 5.73 Å². The third-order valence-corrected chi connectivity index (χ3v) is 4.25. The smallest absolute Gasteiger partial charge is 0.212 e. The molecule has 0 aliphatic carbocycles. The fraction of sp³-hybridized carbons (Fsp3) is 1.00. The van der Waals surface area contributed by atoms with Crippen molar-refractivity contribution >= 4 is 10.0 Å². The molecule has 1 saturated heterocycles. The van der Waals surface area contributed by atoms with Crippen LogP contribution in [-0.2, 0) is 14.8 Å². The molecular weight excluding hydrogens is 216 g/mol. The van der Waals surface area contributed by atoms with Crippen LogP contribution in [0.15, 0.2) is 0 Å². The second-order valence-corrected chi connectivity index (χ2v) is 6.08. The van der Waals surface area contributed by atoms with Crippen LogP contribution in [0.1, 0.15) is 26.2 Å². The first-order valence-corrected chi connectivity index (χ1v) is 6.92. The van der Waals surface area contributed by atoms with E-state index in [4.69, 9.17) is 10.5 Å². The van der Waals surface area contributed by atoms with Crippen LogP contribution in [-0.4, -0.2) is 39.5 Å². The molecule has 1 heterocycles. The van der Waals surface area contributed by atoms with Crippen LogP contribution >= 0.6 is 0 Å². The standard InChI is InChI=1S/C9H20N2O3S/c1-9(3-6-14-7-4-9)11-15(12,13)8-2-5-10/h11H,2-8,10H2,1H3. The van der Waals surface area contributed by atoms with Gasteiger partial charge in [0.1, 0.15) is 0 Å². The molecule has 0 atom stereocenters. The summed E-state index contributed by atoms with van der Waals surface area (Å²) in [6, 6.07) is 0. The Labute approximate surface area is 91.4 Å². The summed E-state index contributed by atoms with van der Waals surface area (Å²) in [7, 11) is -3.19. The van der Waals surface area contributed by atoms with Gasteiger partial charge >= 0.3 is 0 Å². The second kappa shape index (κ2) is 5.25. The number of sulfonamides is 1. The molecule has 0 amide bonds. The Morgan fingerprint density at radius 3 is 2.53 bits per heavy atom. The van der Waals surface area contributed by atoms with Gasteiger partial charge in [0.05, 0.1) is 5.75 Å². The summed E-state index contributed by atoms with van der Waals surface area (Å²) in [4.78, 5) is 0. The highest BCUT2D eigenvalue weighted by Gasteiger charge is 2.31. The van der Waals surface area contributed by atoms with E-state index >= 15 is 0 Å². The Morgan fingerprint density at radius 2 is 2.00 bits per heavy atom. The summed E-state index contributed by atoms with van der Waals surface area (Å²) >= 11 is 0. The number of rotatable bonds is 5. The molecule has 0 aromatic rings.